The van der Waals surface area contributed by atoms with Gasteiger partial charge in [-0.3, -0.25) is 0 Å². The van der Waals surface area contributed by atoms with E-state index >= 15 is 0 Å². The number of halogens is 1. The van der Waals surface area contributed by atoms with Gasteiger partial charge in [0.05, 0.1) is 5.02 Å². The van der Waals surface area contributed by atoms with E-state index in [1.807, 2.05) is 0 Å². The number of aromatic nitrogens is 1. The maximum atomic E-state index is 8.72. The van der Waals surface area contributed by atoms with Crippen LogP contribution in [0.4, 0.5) is 5.82 Å². The van der Waals surface area contributed by atoms with Crippen LogP contribution in [0.5, 0.6) is 0 Å². The second-order valence-electron chi connectivity index (χ2n) is 1.97. The van der Waals surface area contributed by atoms with Crippen molar-refractivity contribution in [2.45, 2.75) is 0 Å². The molecule has 0 aromatic carbocycles. The topological polar surface area (TPSA) is 79.4 Å². The van der Waals surface area contributed by atoms with Gasteiger partial charge in [-0.05, 0) is 6.07 Å². The molecule has 0 amide bonds. The molecule has 0 bridgehead atoms. The van der Waals surface area contributed by atoms with Crippen molar-refractivity contribution < 1.29 is 10.0 Å². The first-order valence-corrected chi connectivity index (χ1v) is 3.26. The molecular weight excluding hydrogens is 166 g/mol. The normalized spacial score (nSPS) is 9.73. The molecule has 58 valence electrons. The second kappa shape index (κ2) is 3.08. The van der Waals surface area contributed by atoms with E-state index in [0.717, 1.165) is 0 Å². The van der Waals surface area contributed by atoms with E-state index in [-0.39, 0.29) is 16.3 Å². The Kier molecular flexibility index (Phi) is 2.33. The highest BCUT2D eigenvalue weighted by molar-refractivity contribution is 6.63. The van der Waals surface area contributed by atoms with Crippen molar-refractivity contribution in [2.24, 2.45) is 0 Å². The molecule has 4 N–H and O–H groups in total. The van der Waals surface area contributed by atoms with Crippen molar-refractivity contribution in [3.05, 3.63) is 17.3 Å². The Balaban J connectivity index is 3.17. The molecule has 0 unspecified atom stereocenters. The lowest BCUT2D eigenvalue weighted by Crippen LogP contribution is -2.31. The Bertz CT molecular complexity index is 269. The number of nitrogens with zero attached hydrogens (tertiary/aromatic N) is 1. The van der Waals surface area contributed by atoms with Crippen molar-refractivity contribution in [3.8, 4) is 0 Å². The van der Waals surface area contributed by atoms with Gasteiger partial charge in [0.2, 0.25) is 0 Å². The molecule has 1 aromatic heterocycles. The monoisotopic (exact) mass is 172 g/mol. The standard InChI is InChI=1S/C5H6BClN2O2/c7-4-3(6(10)11)1-2-9-5(4)8/h1-2,10-11H,(H2,8,9). The minimum Gasteiger partial charge on any atom is -0.423 e. The van der Waals surface area contributed by atoms with Gasteiger partial charge in [0.15, 0.2) is 0 Å². The average Bonchev–Trinajstić information content (AvgIpc) is 1.94. The first-order chi connectivity index (χ1) is 5.13. The molecule has 6 heteroatoms. The molecule has 11 heavy (non-hydrogen) atoms. The van der Waals surface area contributed by atoms with Gasteiger partial charge < -0.3 is 15.8 Å². The van der Waals surface area contributed by atoms with Crippen LogP contribution in [0.25, 0.3) is 0 Å². The number of nitrogens with two attached hydrogens (primary N) is 1. The van der Waals surface area contributed by atoms with Crippen LogP contribution in [0.1, 0.15) is 0 Å². The minimum atomic E-state index is -1.60. The summed E-state index contributed by atoms with van der Waals surface area (Å²) < 4.78 is 0. The Morgan fingerprint density at radius 3 is 2.64 bits per heavy atom. The van der Waals surface area contributed by atoms with E-state index in [4.69, 9.17) is 27.4 Å². The van der Waals surface area contributed by atoms with Crippen molar-refractivity contribution in [2.75, 3.05) is 5.73 Å². The van der Waals surface area contributed by atoms with Crippen LogP contribution in [0.2, 0.25) is 5.02 Å². The zero-order chi connectivity index (χ0) is 8.43. The zero-order valence-electron chi connectivity index (χ0n) is 5.53. The summed E-state index contributed by atoms with van der Waals surface area (Å²) in [6.45, 7) is 0. The summed E-state index contributed by atoms with van der Waals surface area (Å²) in [6, 6.07) is 1.39. The van der Waals surface area contributed by atoms with Gasteiger partial charge >= 0.3 is 7.12 Å². The lowest BCUT2D eigenvalue weighted by Gasteiger charge is -2.02. The third-order valence-corrected chi connectivity index (χ3v) is 1.64. The van der Waals surface area contributed by atoms with Crippen LogP contribution in [-0.2, 0) is 0 Å². The smallest absolute Gasteiger partial charge is 0.423 e. The molecule has 0 aliphatic heterocycles. The van der Waals surface area contributed by atoms with Crippen molar-refractivity contribution in [1.29, 1.82) is 0 Å². The number of hydrogen-bond acceptors (Lipinski definition) is 4. The quantitative estimate of drug-likeness (QED) is 0.475. The Labute approximate surface area is 68.8 Å². The molecule has 0 aliphatic rings. The molecular formula is C5H6BClN2O2. The Hall–Kier alpha value is -0.775. The predicted molar refractivity (Wildman–Crippen MR) is 43.5 cm³/mol. The molecule has 0 saturated carbocycles. The highest BCUT2D eigenvalue weighted by Crippen LogP contribution is 2.11. The molecule has 0 radical (unpaired) electrons. The molecule has 0 fully saturated rings. The highest BCUT2D eigenvalue weighted by atomic mass is 35.5. The largest absolute Gasteiger partial charge is 0.490 e. The molecule has 0 spiro atoms. The SMILES string of the molecule is Nc1nccc(B(O)O)c1Cl. The van der Waals surface area contributed by atoms with Crippen LogP contribution < -0.4 is 11.2 Å². The highest BCUT2D eigenvalue weighted by Gasteiger charge is 2.16. The molecule has 0 atom stereocenters. The first-order valence-electron chi connectivity index (χ1n) is 2.89. The lowest BCUT2D eigenvalue weighted by molar-refractivity contribution is 0.426. The number of anilines is 1. The van der Waals surface area contributed by atoms with Gasteiger partial charge in [0.25, 0.3) is 0 Å². The summed E-state index contributed by atoms with van der Waals surface area (Å²) in [7, 11) is -1.60. The van der Waals surface area contributed by atoms with Crippen LogP contribution in [-0.4, -0.2) is 22.2 Å². The predicted octanol–water partition coefficient (Wildman–Crippen LogP) is -1.00. The molecule has 1 rings (SSSR count). The Morgan fingerprint density at radius 2 is 2.18 bits per heavy atom. The fraction of sp³-hybridized carbons (Fsp3) is 0. The average molecular weight is 172 g/mol. The van der Waals surface area contributed by atoms with Crippen LogP contribution in [0.15, 0.2) is 12.3 Å². The molecule has 0 aliphatic carbocycles. The van der Waals surface area contributed by atoms with Gasteiger partial charge in [0, 0.05) is 11.7 Å². The van der Waals surface area contributed by atoms with Gasteiger partial charge in [-0.25, -0.2) is 4.98 Å². The fourth-order valence-electron chi connectivity index (χ4n) is 0.675. The molecule has 0 saturated heterocycles. The van der Waals surface area contributed by atoms with Crippen molar-refractivity contribution in [3.63, 3.8) is 0 Å². The third-order valence-electron chi connectivity index (χ3n) is 1.22. The van der Waals surface area contributed by atoms with Crippen LogP contribution in [0, 0.1) is 0 Å². The van der Waals surface area contributed by atoms with Gasteiger partial charge in [-0.2, -0.15) is 0 Å². The Morgan fingerprint density at radius 1 is 1.55 bits per heavy atom. The summed E-state index contributed by atoms with van der Waals surface area (Å²) in [5.41, 5.74) is 5.46. The number of pyridine rings is 1. The summed E-state index contributed by atoms with van der Waals surface area (Å²) in [5.74, 6) is 0.0947. The van der Waals surface area contributed by atoms with E-state index in [2.05, 4.69) is 4.98 Å². The zero-order valence-corrected chi connectivity index (χ0v) is 6.28. The van der Waals surface area contributed by atoms with E-state index in [9.17, 15) is 0 Å². The van der Waals surface area contributed by atoms with E-state index < -0.39 is 7.12 Å². The number of nitrogen functional groups attached to an aromatic ring is 1. The van der Waals surface area contributed by atoms with Gasteiger partial charge in [-0.1, -0.05) is 11.6 Å². The number of rotatable bonds is 1. The first kappa shape index (κ1) is 8.32. The van der Waals surface area contributed by atoms with Gasteiger partial charge in [-0.15, -0.1) is 0 Å². The number of hydrogen-bond donors (Lipinski definition) is 3. The summed E-state index contributed by atoms with van der Waals surface area (Å²) in [4.78, 5) is 3.65. The lowest BCUT2D eigenvalue weighted by atomic mass is 9.81. The van der Waals surface area contributed by atoms with Gasteiger partial charge in [0.1, 0.15) is 5.82 Å². The van der Waals surface area contributed by atoms with Crippen LogP contribution >= 0.6 is 11.6 Å². The van der Waals surface area contributed by atoms with Crippen molar-refractivity contribution >= 4 is 30.0 Å². The summed E-state index contributed by atoms with van der Waals surface area (Å²) in [5, 5.41) is 17.5. The molecule has 4 nitrogen and oxygen atoms in total. The summed E-state index contributed by atoms with van der Waals surface area (Å²) in [6.07, 6.45) is 1.36. The summed E-state index contributed by atoms with van der Waals surface area (Å²) >= 11 is 5.58. The molecule has 1 heterocycles. The third kappa shape index (κ3) is 1.62. The van der Waals surface area contributed by atoms with Crippen molar-refractivity contribution in [1.82, 2.24) is 4.98 Å². The molecule has 1 aromatic rings. The van der Waals surface area contributed by atoms with E-state index in [1.165, 1.54) is 12.3 Å². The maximum Gasteiger partial charge on any atom is 0.490 e. The van der Waals surface area contributed by atoms with Crippen LogP contribution in [0.3, 0.4) is 0 Å². The minimum absolute atomic E-state index is 0.0856. The second-order valence-corrected chi connectivity index (χ2v) is 2.35. The fourth-order valence-corrected chi connectivity index (χ4v) is 0.884. The van der Waals surface area contributed by atoms with E-state index in [1.54, 1.807) is 0 Å². The maximum absolute atomic E-state index is 8.72. The van der Waals surface area contributed by atoms with E-state index in [0.29, 0.717) is 0 Å².